The highest BCUT2D eigenvalue weighted by atomic mass is 35.5. The minimum Gasteiger partial charge on any atom is -0.490 e. The summed E-state index contributed by atoms with van der Waals surface area (Å²) in [4.78, 5) is 12.1. The fourth-order valence-electron chi connectivity index (χ4n) is 2.08. The molecule has 0 saturated carbocycles. The minimum atomic E-state index is -0.399. The van der Waals surface area contributed by atoms with Crippen LogP contribution >= 0.6 is 23.2 Å². The van der Waals surface area contributed by atoms with Crippen molar-refractivity contribution in [3.8, 4) is 11.5 Å². The Morgan fingerprint density at radius 3 is 2.52 bits per heavy atom. The van der Waals surface area contributed by atoms with Gasteiger partial charge in [0.1, 0.15) is 0 Å². The first-order valence-corrected chi connectivity index (χ1v) is 8.49. The number of benzene rings is 2. The van der Waals surface area contributed by atoms with Crippen LogP contribution in [-0.4, -0.2) is 25.3 Å². The Hall–Kier alpha value is -2.24. The van der Waals surface area contributed by atoms with E-state index in [0.717, 1.165) is 0 Å². The quantitative estimate of drug-likeness (QED) is 0.565. The maximum absolute atomic E-state index is 12.1. The first-order valence-electron chi connectivity index (χ1n) is 7.73. The molecular weight excluding hydrogens is 363 g/mol. The smallest absolute Gasteiger partial charge is 0.272 e. The maximum atomic E-state index is 12.1. The molecule has 0 radical (unpaired) electrons. The molecule has 1 N–H and O–H groups in total. The Morgan fingerprint density at radius 2 is 1.84 bits per heavy atom. The van der Waals surface area contributed by atoms with Gasteiger partial charge in [0.25, 0.3) is 5.91 Å². The Bertz CT molecular complexity index is 779. The molecule has 0 unspecified atom stereocenters. The largest absolute Gasteiger partial charge is 0.490 e. The molecule has 0 aliphatic carbocycles. The number of rotatable bonds is 7. The number of hydrogen-bond donors (Lipinski definition) is 1. The normalized spacial score (nSPS) is 10.7. The van der Waals surface area contributed by atoms with E-state index in [4.69, 9.17) is 32.7 Å². The summed E-state index contributed by atoms with van der Waals surface area (Å²) < 4.78 is 11.1. The average molecular weight is 381 g/mol. The molecule has 0 aliphatic heterocycles. The lowest BCUT2D eigenvalue weighted by atomic mass is 10.2. The molecule has 0 saturated heterocycles. The summed E-state index contributed by atoms with van der Waals surface area (Å²) in [6, 6.07) is 10.2. The fraction of sp³-hybridized carbons (Fsp3) is 0.222. The number of amides is 1. The van der Waals surface area contributed by atoms with E-state index < -0.39 is 5.91 Å². The molecule has 25 heavy (non-hydrogen) atoms. The third-order valence-electron chi connectivity index (χ3n) is 3.12. The zero-order valence-corrected chi connectivity index (χ0v) is 15.4. The predicted molar refractivity (Wildman–Crippen MR) is 100 cm³/mol. The minimum absolute atomic E-state index is 0.348. The van der Waals surface area contributed by atoms with Gasteiger partial charge in [-0.1, -0.05) is 35.3 Å². The molecule has 0 aliphatic rings. The lowest BCUT2D eigenvalue weighted by Crippen LogP contribution is -2.17. The van der Waals surface area contributed by atoms with Gasteiger partial charge >= 0.3 is 0 Å². The van der Waals surface area contributed by atoms with E-state index in [1.807, 2.05) is 13.8 Å². The molecule has 132 valence electrons. The van der Waals surface area contributed by atoms with E-state index in [9.17, 15) is 4.79 Å². The van der Waals surface area contributed by atoms with E-state index in [2.05, 4.69) is 10.5 Å². The number of hydrogen-bond acceptors (Lipinski definition) is 4. The van der Waals surface area contributed by atoms with Gasteiger partial charge in [0, 0.05) is 0 Å². The molecule has 0 heterocycles. The van der Waals surface area contributed by atoms with Gasteiger partial charge in [-0.15, -0.1) is 0 Å². The van der Waals surface area contributed by atoms with Gasteiger partial charge in [-0.25, -0.2) is 5.43 Å². The van der Waals surface area contributed by atoms with Crippen LogP contribution in [0.15, 0.2) is 41.5 Å². The van der Waals surface area contributed by atoms with Crippen molar-refractivity contribution in [1.29, 1.82) is 0 Å². The second-order valence-electron chi connectivity index (χ2n) is 4.87. The first-order chi connectivity index (χ1) is 12.1. The number of carbonyl (C=O) groups excluding carboxylic acids is 1. The van der Waals surface area contributed by atoms with Crippen molar-refractivity contribution in [3.05, 3.63) is 57.6 Å². The van der Waals surface area contributed by atoms with Crippen LogP contribution in [0, 0.1) is 0 Å². The molecule has 0 fully saturated rings. The second kappa shape index (κ2) is 9.30. The Morgan fingerprint density at radius 1 is 1.12 bits per heavy atom. The van der Waals surface area contributed by atoms with Gasteiger partial charge in [-0.3, -0.25) is 4.79 Å². The zero-order valence-electron chi connectivity index (χ0n) is 13.9. The molecule has 0 aromatic heterocycles. The highest BCUT2D eigenvalue weighted by molar-refractivity contribution is 6.34. The molecule has 2 aromatic rings. The van der Waals surface area contributed by atoms with Crippen LogP contribution in [0.25, 0.3) is 0 Å². The number of nitrogens with one attached hydrogen (secondary N) is 1. The van der Waals surface area contributed by atoms with E-state index >= 15 is 0 Å². The van der Waals surface area contributed by atoms with Gasteiger partial charge in [-0.05, 0) is 43.7 Å². The van der Waals surface area contributed by atoms with Gasteiger partial charge in [0.2, 0.25) is 0 Å². The maximum Gasteiger partial charge on any atom is 0.272 e. The van der Waals surface area contributed by atoms with Crippen molar-refractivity contribution in [2.24, 2.45) is 5.10 Å². The van der Waals surface area contributed by atoms with Crippen LogP contribution in [0.5, 0.6) is 11.5 Å². The summed E-state index contributed by atoms with van der Waals surface area (Å²) in [6.45, 7) is 4.68. The third-order valence-corrected chi connectivity index (χ3v) is 3.73. The van der Waals surface area contributed by atoms with Crippen LogP contribution in [0.2, 0.25) is 10.0 Å². The van der Waals surface area contributed by atoms with Crippen LogP contribution in [0.3, 0.4) is 0 Å². The summed E-state index contributed by atoms with van der Waals surface area (Å²) in [5.74, 6) is 0.614. The van der Waals surface area contributed by atoms with E-state index in [-0.39, 0.29) is 0 Å². The van der Waals surface area contributed by atoms with Gasteiger partial charge in [0.05, 0.1) is 35.0 Å². The topological polar surface area (TPSA) is 59.9 Å². The Kier molecular flexibility index (Phi) is 7.10. The number of ether oxygens (including phenoxy) is 2. The molecule has 1 amide bonds. The van der Waals surface area contributed by atoms with Crippen LogP contribution < -0.4 is 14.9 Å². The number of nitrogens with zero attached hydrogens (tertiary/aromatic N) is 1. The Balaban J connectivity index is 2.15. The fourth-order valence-corrected chi connectivity index (χ4v) is 2.58. The number of carbonyl (C=O) groups is 1. The summed E-state index contributed by atoms with van der Waals surface area (Å²) in [5.41, 5.74) is 3.44. The van der Waals surface area contributed by atoms with Gasteiger partial charge in [-0.2, -0.15) is 5.10 Å². The van der Waals surface area contributed by atoms with Crippen molar-refractivity contribution >= 4 is 35.3 Å². The predicted octanol–water partition coefficient (Wildman–Crippen LogP) is 4.55. The van der Waals surface area contributed by atoms with Gasteiger partial charge < -0.3 is 9.47 Å². The summed E-state index contributed by atoms with van der Waals surface area (Å²) in [6.07, 6.45) is 1.47. The van der Waals surface area contributed by atoms with Crippen molar-refractivity contribution in [1.82, 2.24) is 5.43 Å². The highest BCUT2D eigenvalue weighted by Crippen LogP contribution is 2.36. The lowest BCUT2D eigenvalue weighted by Gasteiger charge is -2.13. The molecular formula is C18H18Cl2N2O3. The number of halogens is 2. The molecule has 5 nitrogen and oxygen atoms in total. The van der Waals surface area contributed by atoms with Crippen LogP contribution in [-0.2, 0) is 0 Å². The number of hydrazone groups is 1. The highest BCUT2D eigenvalue weighted by Gasteiger charge is 2.12. The average Bonchev–Trinajstić information content (AvgIpc) is 2.58. The molecule has 2 aromatic carbocycles. The first kappa shape index (κ1) is 19.1. The second-order valence-corrected chi connectivity index (χ2v) is 5.69. The van der Waals surface area contributed by atoms with Gasteiger partial charge in [0.15, 0.2) is 11.5 Å². The van der Waals surface area contributed by atoms with Crippen LogP contribution in [0.1, 0.15) is 29.8 Å². The van der Waals surface area contributed by atoms with Crippen molar-refractivity contribution in [3.63, 3.8) is 0 Å². The van der Waals surface area contributed by atoms with E-state index in [1.165, 1.54) is 6.21 Å². The molecule has 0 bridgehead atoms. The SMILES string of the molecule is CCOc1cc(/C=N\NC(=O)c2ccccc2Cl)cc(Cl)c1OCC. The Labute approximate surface area is 156 Å². The van der Waals surface area contributed by atoms with Crippen molar-refractivity contribution in [2.45, 2.75) is 13.8 Å². The third kappa shape index (κ3) is 5.11. The van der Waals surface area contributed by atoms with Crippen LogP contribution in [0.4, 0.5) is 0 Å². The van der Waals surface area contributed by atoms with E-state index in [1.54, 1.807) is 36.4 Å². The molecule has 7 heteroatoms. The van der Waals surface area contributed by atoms with Crippen molar-refractivity contribution in [2.75, 3.05) is 13.2 Å². The van der Waals surface area contributed by atoms with Crippen molar-refractivity contribution < 1.29 is 14.3 Å². The molecule has 2 rings (SSSR count). The zero-order chi connectivity index (χ0) is 18.2. The van der Waals surface area contributed by atoms with E-state index in [0.29, 0.717) is 45.9 Å². The standard InChI is InChI=1S/C18H18Cl2N2O3/c1-3-24-16-10-12(9-15(20)17(16)25-4-2)11-21-22-18(23)13-7-5-6-8-14(13)19/h5-11H,3-4H2,1-2H3,(H,22,23)/b21-11-. The molecule has 0 atom stereocenters. The molecule has 0 spiro atoms. The summed E-state index contributed by atoms with van der Waals surface area (Å²) >= 11 is 12.2. The lowest BCUT2D eigenvalue weighted by molar-refractivity contribution is 0.0955. The summed E-state index contributed by atoms with van der Waals surface area (Å²) in [5, 5.41) is 4.71. The summed E-state index contributed by atoms with van der Waals surface area (Å²) in [7, 11) is 0. The monoisotopic (exact) mass is 380 g/mol.